The van der Waals surface area contributed by atoms with E-state index in [2.05, 4.69) is 5.10 Å². The molecular formula is C10H11ClN2. The smallest absolute Gasteiger partial charge is 0.134 e. The molecule has 0 fully saturated rings. The number of nitrogens with zero attached hydrogens (tertiary/aromatic N) is 2. The maximum absolute atomic E-state index is 6.13. The molecule has 0 saturated heterocycles. The lowest BCUT2D eigenvalue weighted by molar-refractivity contribution is 0.668. The zero-order valence-electron chi connectivity index (χ0n) is 7.71. The van der Waals surface area contributed by atoms with Gasteiger partial charge in [0.05, 0.1) is 5.52 Å². The summed E-state index contributed by atoms with van der Waals surface area (Å²) >= 11 is 6.13. The van der Waals surface area contributed by atoms with E-state index in [1.54, 1.807) is 0 Å². The second-order valence-electron chi connectivity index (χ2n) is 3.08. The van der Waals surface area contributed by atoms with E-state index in [1.807, 2.05) is 36.7 Å². The number of rotatable bonds is 1. The highest BCUT2D eigenvalue weighted by Gasteiger charge is 2.08. The van der Waals surface area contributed by atoms with Crippen LogP contribution in [0.4, 0.5) is 0 Å². The van der Waals surface area contributed by atoms with Gasteiger partial charge in [-0.1, -0.05) is 23.7 Å². The Morgan fingerprint density at radius 2 is 2.23 bits per heavy atom. The maximum Gasteiger partial charge on any atom is 0.134 e. The lowest BCUT2D eigenvalue weighted by Gasteiger charge is -1.93. The topological polar surface area (TPSA) is 17.8 Å². The van der Waals surface area contributed by atoms with Crippen LogP contribution in [0.5, 0.6) is 0 Å². The van der Waals surface area contributed by atoms with Crippen molar-refractivity contribution in [3.8, 4) is 0 Å². The lowest BCUT2D eigenvalue weighted by atomic mass is 10.2. The Morgan fingerprint density at radius 3 is 2.85 bits per heavy atom. The van der Waals surface area contributed by atoms with Crippen LogP contribution in [0.2, 0.25) is 5.15 Å². The van der Waals surface area contributed by atoms with Gasteiger partial charge in [0.15, 0.2) is 0 Å². The van der Waals surface area contributed by atoms with Gasteiger partial charge in [-0.25, -0.2) is 0 Å². The number of halogens is 1. The van der Waals surface area contributed by atoms with Crippen LogP contribution < -0.4 is 0 Å². The molecule has 0 spiro atoms. The number of hydrogen-bond donors (Lipinski definition) is 0. The van der Waals surface area contributed by atoms with E-state index < -0.39 is 0 Å². The largest absolute Gasteiger partial charge is 0.253 e. The molecule has 2 nitrogen and oxygen atoms in total. The van der Waals surface area contributed by atoms with Crippen molar-refractivity contribution in [2.45, 2.75) is 20.4 Å². The van der Waals surface area contributed by atoms with Gasteiger partial charge in [-0.05, 0) is 25.5 Å². The van der Waals surface area contributed by atoms with Crippen molar-refractivity contribution in [3.05, 3.63) is 28.9 Å². The Kier molecular flexibility index (Phi) is 2.00. The molecule has 2 aromatic rings. The first-order valence-electron chi connectivity index (χ1n) is 4.35. The van der Waals surface area contributed by atoms with E-state index in [0.29, 0.717) is 0 Å². The van der Waals surface area contributed by atoms with Crippen LogP contribution in [0, 0.1) is 6.92 Å². The molecule has 13 heavy (non-hydrogen) atoms. The van der Waals surface area contributed by atoms with E-state index in [4.69, 9.17) is 11.6 Å². The van der Waals surface area contributed by atoms with Crippen molar-refractivity contribution in [2.75, 3.05) is 0 Å². The zero-order chi connectivity index (χ0) is 9.42. The van der Waals surface area contributed by atoms with E-state index in [0.717, 1.165) is 22.6 Å². The molecule has 0 aliphatic heterocycles. The van der Waals surface area contributed by atoms with Crippen LogP contribution in [-0.4, -0.2) is 9.78 Å². The first-order valence-corrected chi connectivity index (χ1v) is 4.73. The van der Waals surface area contributed by atoms with E-state index in [1.165, 1.54) is 5.56 Å². The lowest BCUT2D eigenvalue weighted by Crippen LogP contribution is -1.95. The third-order valence-corrected chi connectivity index (χ3v) is 2.61. The van der Waals surface area contributed by atoms with Crippen LogP contribution >= 0.6 is 11.6 Å². The summed E-state index contributed by atoms with van der Waals surface area (Å²) in [6.07, 6.45) is 0. The van der Waals surface area contributed by atoms with E-state index >= 15 is 0 Å². The fourth-order valence-corrected chi connectivity index (χ4v) is 1.78. The van der Waals surface area contributed by atoms with Crippen LogP contribution in [0.3, 0.4) is 0 Å². The summed E-state index contributed by atoms with van der Waals surface area (Å²) in [5, 5.41) is 6.20. The minimum Gasteiger partial charge on any atom is -0.253 e. The van der Waals surface area contributed by atoms with Crippen LogP contribution in [-0.2, 0) is 6.54 Å². The number of aryl methyl sites for hydroxylation is 2. The van der Waals surface area contributed by atoms with Gasteiger partial charge in [-0.3, -0.25) is 4.68 Å². The average molecular weight is 195 g/mol. The molecular weight excluding hydrogens is 184 g/mol. The number of hydrogen-bond acceptors (Lipinski definition) is 1. The van der Waals surface area contributed by atoms with Crippen molar-refractivity contribution in [1.29, 1.82) is 0 Å². The van der Waals surface area contributed by atoms with Crippen molar-refractivity contribution < 1.29 is 0 Å². The molecule has 3 heteroatoms. The Balaban J connectivity index is 2.83. The summed E-state index contributed by atoms with van der Waals surface area (Å²) in [6.45, 7) is 4.89. The average Bonchev–Trinajstić information content (AvgIpc) is 2.45. The van der Waals surface area contributed by atoms with Crippen molar-refractivity contribution >= 4 is 22.5 Å². The van der Waals surface area contributed by atoms with Crippen LogP contribution in [0.15, 0.2) is 18.2 Å². The van der Waals surface area contributed by atoms with Gasteiger partial charge in [-0.15, -0.1) is 0 Å². The molecule has 1 heterocycles. The fraction of sp³-hybridized carbons (Fsp3) is 0.300. The summed E-state index contributed by atoms with van der Waals surface area (Å²) in [5.41, 5.74) is 2.18. The summed E-state index contributed by atoms with van der Waals surface area (Å²) in [6, 6.07) is 6.06. The minimum absolute atomic E-state index is 0.737. The minimum atomic E-state index is 0.737. The Hall–Kier alpha value is -1.02. The number of benzene rings is 1. The predicted molar refractivity (Wildman–Crippen MR) is 55.2 cm³/mol. The summed E-state index contributed by atoms with van der Waals surface area (Å²) in [4.78, 5) is 0. The predicted octanol–water partition coefficient (Wildman–Crippen LogP) is 3.02. The second kappa shape index (κ2) is 3.04. The molecule has 0 atom stereocenters. The normalized spacial score (nSPS) is 11.0. The SMILES string of the molecule is CCn1nc2c(C)cccc2c1Cl. The van der Waals surface area contributed by atoms with Crippen molar-refractivity contribution in [1.82, 2.24) is 9.78 Å². The molecule has 0 radical (unpaired) electrons. The van der Waals surface area contributed by atoms with Gasteiger partial charge in [0, 0.05) is 11.9 Å². The molecule has 0 bridgehead atoms. The zero-order valence-corrected chi connectivity index (χ0v) is 8.47. The standard InChI is InChI=1S/C10H11ClN2/c1-3-13-10(11)8-6-4-5-7(2)9(8)12-13/h4-6H,3H2,1-2H3. The molecule has 0 amide bonds. The molecule has 68 valence electrons. The molecule has 0 aliphatic rings. The summed E-state index contributed by atoms with van der Waals surface area (Å²) < 4.78 is 1.82. The van der Waals surface area contributed by atoms with Gasteiger partial charge in [0.2, 0.25) is 0 Å². The monoisotopic (exact) mass is 194 g/mol. The van der Waals surface area contributed by atoms with E-state index in [-0.39, 0.29) is 0 Å². The van der Waals surface area contributed by atoms with Crippen LogP contribution in [0.25, 0.3) is 10.9 Å². The van der Waals surface area contributed by atoms with Gasteiger partial charge in [0.1, 0.15) is 5.15 Å². The third-order valence-electron chi connectivity index (χ3n) is 2.21. The molecule has 1 aromatic heterocycles. The molecule has 0 N–H and O–H groups in total. The Morgan fingerprint density at radius 1 is 1.46 bits per heavy atom. The Bertz CT molecular complexity index is 445. The fourth-order valence-electron chi connectivity index (χ4n) is 1.47. The molecule has 2 rings (SSSR count). The summed E-state index contributed by atoms with van der Waals surface area (Å²) in [5.74, 6) is 0. The first-order chi connectivity index (χ1) is 6.24. The van der Waals surface area contributed by atoms with Gasteiger partial charge < -0.3 is 0 Å². The molecule has 1 aromatic carbocycles. The Labute approximate surface area is 82.1 Å². The number of aromatic nitrogens is 2. The highest BCUT2D eigenvalue weighted by Crippen LogP contribution is 2.24. The first kappa shape index (κ1) is 8.57. The molecule has 0 aliphatic carbocycles. The third kappa shape index (κ3) is 1.22. The number of fused-ring (bicyclic) bond motifs is 1. The van der Waals surface area contributed by atoms with Gasteiger partial charge in [-0.2, -0.15) is 5.10 Å². The van der Waals surface area contributed by atoms with Crippen LogP contribution in [0.1, 0.15) is 12.5 Å². The highest BCUT2D eigenvalue weighted by atomic mass is 35.5. The maximum atomic E-state index is 6.13. The molecule has 0 unspecified atom stereocenters. The highest BCUT2D eigenvalue weighted by molar-refractivity contribution is 6.34. The van der Waals surface area contributed by atoms with Crippen molar-refractivity contribution in [3.63, 3.8) is 0 Å². The summed E-state index contributed by atoms with van der Waals surface area (Å²) in [7, 11) is 0. The van der Waals surface area contributed by atoms with E-state index in [9.17, 15) is 0 Å². The van der Waals surface area contributed by atoms with Gasteiger partial charge in [0.25, 0.3) is 0 Å². The quantitative estimate of drug-likeness (QED) is 0.683. The molecule has 0 saturated carbocycles. The second-order valence-corrected chi connectivity index (χ2v) is 3.44. The van der Waals surface area contributed by atoms with Gasteiger partial charge >= 0.3 is 0 Å². The van der Waals surface area contributed by atoms with Crippen molar-refractivity contribution in [2.24, 2.45) is 0 Å².